The van der Waals surface area contributed by atoms with Gasteiger partial charge >= 0.3 is 59.9 Å². The zero-order valence-electron chi connectivity index (χ0n) is 72.8. The molecular weight excluding hydrogens is 1720 g/mol. The lowest BCUT2D eigenvalue weighted by Gasteiger charge is -2.43. The molecule has 4 amide bonds. The second-order valence-corrected chi connectivity index (χ2v) is 32.4. The van der Waals surface area contributed by atoms with Crippen LogP contribution >= 0.6 is 22.7 Å². The van der Waals surface area contributed by atoms with Crippen molar-refractivity contribution >= 4 is 106 Å². The van der Waals surface area contributed by atoms with Crippen molar-refractivity contribution in [1.29, 1.82) is 0 Å². The number of esters is 8. The van der Waals surface area contributed by atoms with Crippen LogP contribution in [0.1, 0.15) is 125 Å². The summed E-state index contributed by atoms with van der Waals surface area (Å²) in [5.41, 5.74) is 4.94. The predicted molar refractivity (Wildman–Crippen MR) is 451 cm³/mol. The van der Waals surface area contributed by atoms with Crippen molar-refractivity contribution in [3.63, 3.8) is 0 Å². The highest BCUT2D eigenvalue weighted by atomic mass is 32.1. The number of nitrogens with one attached hydrogen (secondary N) is 2. The number of anilines is 2. The van der Waals surface area contributed by atoms with Gasteiger partial charge in [0.2, 0.25) is 24.8 Å². The van der Waals surface area contributed by atoms with E-state index in [-0.39, 0.29) is 110 Å². The second kappa shape index (κ2) is 44.7. The second-order valence-electron chi connectivity index (χ2n) is 30.4. The van der Waals surface area contributed by atoms with Gasteiger partial charge in [0.15, 0.2) is 47.4 Å². The first-order valence-corrected chi connectivity index (χ1v) is 42.2. The first-order valence-electron chi connectivity index (χ1n) is 40.4. The van der Waals surface area contributed by atoms with Crippen LogP contribution in [0.2, 0.25) is 0 Å². The molecular formula is C89H101N5O32S2. The number of carbonyl (C=O) groups is 12. The molecule has 5 aromatic carbocycles. The van der Waals surface area contributed by atoms with Crippen molar-refractivity contribution in [2.45, 2.75) is 188 Å². The average Bonchev–Trinajstić information content (AvgIpc) is 1.14. The molecule has 37 nitrogen and oxygen atoms in total. The van der Waals surface area contributed by atoms with Crippen LogP contribution in [0, 0.1) is 0 Å². The number of rotatable bonds is 36. The number of nitrogens with zero attached hydrogens (tertiary/aromatic N) is 3. The van der Waals surface area contributed by atoms with Gasteiger partial charge in [0, 0.05) is 124 Å². The van der Waals surface area contributed by atoms with E-state index in [0.29, 0.717) is 41.6 Å². The van der Waals surface area contributed by atoms with Crippen molar-refractivity contribution < 1.29 is 152 Å². The largest absolute Gasteiger partial charge is 0.493 e. The highest BCUT2D eigenvalue weighted by Gasteiger charge is 2.55. The van der Waals surface area contributed by atoms with Crippen LogP contribution in [0.5, 0.6) is 34.5 Å². The van der Waals surface area contributed by atoms with E-state index in [1.165, 1.54) is 62.8 Å². The summed E-state index contributed by atoms with van der Waals surface area (Å²) < 4.78 is 116. The van der Waals surface area contributed by atoms with Crippen molar-refractivity contribution in [3.8, 4) is 34.5 Å². The molecule has 0 unspecified atom stereocenters. The van der Waals surface area contributed by atoms with Gasteiger partial charge in [-0.25, -0.2) is 9.59 Å². The van der Waals surface area contributed by atoms with E-state index in [0.717, 1.165) is 81.8 Å². The van der Waals surface area contributed by atoms with Gasteiger partial charge in [-0.2, -0.15) is 0 Å². The Kier molecular flexibility index (Phi) is 33.5. The summed E-state index contributed by atoms with van der Waals surface area (Å²) in [5, 5.41) is 9.48. The normalized spacial score (nSPS) is 20.4. The Balaban J connectivity index is 0.833. The van der Waals surface area contributed by atoms with Crippen molar-refractivity contribution in [2.75, 3.05) is 79.6 Å². The van der Waals surface area contributed by atoms with E-state index in [9.17, 15) is 47.9 Å². The maximum atomic E-state index is 15.2. The summed E-state index contributed by atoms with van der Waals surface area (Å²) in [6, 6.07) is 26.9. The van der Waals surface area contributed by atoms with Gasteiger partial charge in [-0.15, -0.1) is 22.7 Å². The van der Waals surface area contributed by atoms with Gasteiger partial charge in [-0.3, -0.25) is 58.6 Å². The number of benzene rings is 5. The average molecular weight is 1820 g/mol. The Bertz CT molecular complexity index is 4850. The molecule has 11 rings (SSSR count). The Labute approximate surface area is 744 Å². The van der Waals surface area contributed by atoms with Crippen LogP contribution < -0.4 is 39.1 Å². The molecule has 2 saturated heterocycles. The molecule has 0 saturated carbocycles. The summed E-state index contributed by atoms with van der Waals surface area (Å²) in [4.78, 5) is 165. The third kappa shape index (κ3) is 25.8. The molecule has 0 spiro atoms. The minimum absolute atomic E-state index is 0.00587. The van der Waals surface area contributed by atoms with Gasteiger partial charge < -0.3 is 109 Å². The Morgan fingerprint density at radius 1 is 0.398 bits per heavy atom. The van der Waals surface area contributed by atoms with Gasteiger partial charge in [0.25, 0.3) is 11.8 Å². The van der Waals surface area contributed by atoms with E-state index in [1.807, 2.05) is 60.1 Å². The fourth-order valence-corrected chi connectivity index (χ4v) is 16.8. The number of methoxy groups -OCH3 is 4. The lowest BCUT2D eigenvalue weighted by Crippen LogP contribution is -2.63. The van der Waals surface area contributed by atoms with E-state index in [2.05, 4.69) is 10.6 Å². The molecule has 2 aromatic heterocycles. The van der Waals surface area contributed by atoms with Gasteiger partial charge in [0.05, 0.1) is 62.0 Å². The molecule has 0 radical (unpaired) electrons. The fourth-order valence-electron chi connectivity index (χ4n) is 14.9. The highest BCUT2D eigenvalue weighted by molar-refractivity contribution is 7.10. The smallest absolute Gasteiger partial charge is 0.411 e. The SMILES string of the molecule is COC[C@@H]1Cc2sccc2CN1C(=O)c1cc(OC)c(OCc2cc(COc3cc(NC(=O)OCc4ccc(O[C@@H]5O[C@H](COC(C)=O)[C@H](OC(C)=O)[C@H](OC(C)=O)[C@H]5OC(C)=O)cc4)c(C(=O)N4Cc5ccsc5C[C@H]4COC)cc3OC)cc(CN(C)C)c2)cc1NC(=O)OCc1ccc(O[C@@H]2O[C@H](COC(C)=O)[C@H](OC(C)=O)[C@H](OC(C)=O)[C@H]2OC(C)=O)cc1. The summed E-state index contributed by atoms with van der Waals surface area (Å²) in [6.07, 6.45) is -15.4. The molecule has 128 heavy (non-hydrogen) atoms. The standard InChI is InChI=1S/C89H101N5O32S2/c1-47(95)111-45-74-78(117-49(3)97)80(119-51(5)99)82(121-53(7)101)86(125-74)123-64-19-15-55(16-20-64)39-115-88(105)90-68-34-72(70(109-13)32-66(68)84(103)93-37-60-23-25-127-76(60)30-62(93)43-107-11)113-41-58-27-57(36-92(9)10)28-59(29-58)42-114-73-35-69(67(33-71(73)110-14)85(104)94-38-61-24-26-128-77(61)31-63(94)44-108-12)91-89(106)116-40-56-17-21-65(22-18-56)124-87-83(122-54(8)102)81(120-52(6)100)79(118-50(4)98)75(126-87)46-112-48(2)96/h15-29,32-35,62-63,74-75,78-83,86-87H,30-31,36-46H2,1-14H3,(H,90,105)(H,91,106)/t62-,63-,74+,75+,78-,79-,80-,81-,82+,83+,86+,87+/m0/s1. The third-order valence-electron chi connectivity index (χ3n) is 20.2. The first kappa shape index (κ1) is 96.0. The van der Waals surface area contributed by atoms with E-state index in [1.54, 1.807) is 71.0 Å². The number of amides is 4. The molecule has 12 atom stereocenters. The zero-order chi connectivity index (χ0) is 92.2. The molecule has 686 valence electrons. The molecule has 6 heterocycles. The third-order valence-corrected chi connectivity index (χ3v) is 22.2. The van der Waals surface area contributed by atoms with Crippen LogP contribution in [-0.2, 0) is 164 Å². The maximum Gasteiger partial charge on any atom is 0.411 e. The quantitative estimate of drug-likeness (QED) is 0.0272. The van der Waals surface area contributed by atoms with Crippen LogP contribution in [-0.4, -0.2) is 229 Å². The highest BCUT2D eigenvalue weighted by Crippen LogP contribution is 2.42. The Hall–Kier alpha value is -12.7. The molecule has 4 aliphatic heterocycles. The molecule has 7 aromatic rings. The summed E-state index contributed by atoms with van der Waals surface area (Å²) in [5.74, 6) is -6.56. The number of thiophene rings is 2. The molecule has 39 heteroatoms. The van der Waals surface area contributed by atoms with Crippen LogP contribution in [0.3, 0.4) is 0 Å². The Morgan fingerprint density at radius 2 is 0.758 bits per heavy atom. The number of hydrogen-bond donors (Lipinski definition) is 2. The van der Waals surface area contributed by atoms with Crippen LogP contribution in [0.25, 0.3) is 0 Å². The molecule has 4 aliphatic rings. The van der Waals surface area contributed by atoms with E-state index < -0.39 is 158 Å². The number of ether oxygens (including phenoxy) is 20. The number of carbonyl (C=O) groups excluding carboxylic acids is 12. The Morgan fingerprint density at radius 3 is 1.10 bits per heavy atom. The minimum Gasteiger partial charge on any atom is -0.493 e. The van der Waals surface area contributed by atoms with Crippen molar-refractivity contribution in [2.24, 2.45) is 0 Å². The molecule has 0 bridgehead atoms. The minimum atomic E-state index is -1.53. The summed E-state index contributed by atoms with van der Waals surface area (Å²) >= 11 is 3.16. The van der Waals surface area contributed by atoms with Gasteiger partial charge in [-0.05, 0) is 118 Å². The first-order chi connectivity index (χ1) is 61.2. The van der Waals surface area contributed by atoms with Crippen LogP contribution in [0.4, 0.5) is 21.0 Å². The monoisotopic (exact) mass is 1820 g/mol. The number of hydrogen-bond acceptors (Lipinski definition) is 35. The zero-order valence-corrected chi connectivity index (χ0v) is 74.4. The molecule has 2 fully saturated rings. The summed E-state index contributed by atoms with van der Waals surface area (Å²) in [7, 11) is 9.72. The lowest BCUT2D eigenvalue weighted by molar-refractivity contribution is -0.288. The van der Waals surface area contributed by atoms with E-state index in [4.69, 9.17) is 94.7 Å². The van der Waals surface area contributed by atoms with Crippen LogP contribution in [0.15, 0.2) is 114 Å². The molecule has 2 N–H and O–H groups in total. The fraction of sp³-hybridized carbons (Fsp3) is 0.438. The van der Waals surface area contributed by atoms with Crippen molar-refractivity contribution in [1.82, 2.24) is 14.7 Å². The van der Waals surface area contributed by atoms with Gasteiger partial charge in [0.1, 0.15) is 63.3 Å². The van der Waals surface area contributed by atoms with E-state index >= 15 is 9.59 Å². The lowest BCUT2D eigenvalue weighted by atomic mass is 9.98. The maximum absolute atomic E-state index is 15.2. The van der Waals surface area contributed by atoms with Crippen molar-refractivity contribution in [3.05, 3.63) is 174 Å². The van der Waals surface area contributed by atoms with Gasteiger partial charge in [-0.1, -0.05) is 36.4 Å². The topological polar surface area (TPSA) is 423 Å². The predicted octanol–water partition coefficient (Wildman–Crippen LogP) is 9.89. The number of fused-ring (bicyclic) bond motifs is 2. The summed E-state index contributed by atoms with van der Waals surface area (Å²) in [6.45, 7) is 8.34. The molecule has 0 aliphatic carbocycles.